The highest BCUT2D eigenvalue weighted by molar-refractivity contribution is 5.72. The molecule has 6 heteroatoms. The fourth-order valence-corrected chi connectivity index (χ4v) is 4.09. The highest BCUT2D eigenvalue weighted by Crippen LogP contribution is 2.33. The maximum absolute atomic E-state index is 8.51. The number of pyridine rings is 1. The molecule has 0 amide bonds. The quantitative estimate of drug-likeness (QED) is 0.381. The minimum atomic E-state index is 0.456. The summed E-state index contributed by atoms with van der Waals surface area (Å²) in [5.74, 6) is 1.49. The van der Waals surface area contributed by atoms with Gasteiger partial charge in [0.25, 0.3) is 0 Å². The van der Waals surface area contributed by atoms with Crippen LogP contribution in [0.1, 0.15) is 25.3 Å². The van der Waals surface area contributed by atoms with Crippen LogP contribution >= 0.6 is 0 Å². The molecule has 2 aliphatic rings. The first kappa shape index (κ1) is 17.8. The first-order valence-corrected chi connectivity index (χ1v) is 9.19. The highest BCUT2D eigenvalue weighted by atomic mass is 15.4. The standard InChI is InChI=1S/C19H30N6/c1-3-5-14(10-21-2)17-6-4-9-25(19(17)20)24-13-23-18-15-7-8-16(18)12-22-11-15/h3-6,9-10,15-16,18,20-24H,7-8,11-13H2,1-2H3/b5-3-,14-10+,20-19?/t15-,16?,18-/m0/s1. The van der Waals surface area contributed by atoms with E-state index in [-0.39, 0.29) is 0 Å². The number of hydrogen-bond donors (Lipinski definition) is 5. The Kier molecular flexibility index (Phi) is 5.94. The number of fused-ring (bicyclic) bond motifs is 2. The van der Waals surface area contributed by atoms with E-state index in [1.807, 2.05) is 50.7 Å². The van der Waals surface area contributed by atoms with Crippen LogP contribution in [-0.2, 0) is 0 Å². The van der Waals surface area contributed by atoms with Crippen LogP contribution in [0.2, 0.25) is 0 Å². The van der Waals surface area contributed by atoms with Crippen LogP contribution in [0.4, 0.5) is 0 Å². The van der Waals surface area contributed by atoms with Crippen LogP contribution in [0, 0.1) is 17.2 Å². The number of nitrogens with one attached hydrogen (secondary N) is 5. The monoisotopic (exact) mass is 342 g/mol. The van der Waals surface area contributed by atoms with Crippen molar-refractivity contribution < 1.29 is 0 Å². The molecule has 1 aliphatic heterocycles. The molecule has 1 aromatic rings. The van der Waals surface area contributed by atoms with Gasteiger partial charge in [0.1, 0.15) is 0 Å². The third-order valence-corrected chi connectivity index (χ3v) is 5.28. The summed E-state index contributed by atoms with van der Waals surface area (Å²) in [6.45, 7) is 4.91. The molecule has 1 unspecified atom stereocenters. The zero-order chi connectivity index (χ0) is 17.6. The first-order valence-electron chi connectivity index (χ1n) is 9.19. The van der Waals surface area contributed by atoms with Crippen molar-refractivity contribution in [1.29, 1.82) is 5.41 Å². The van der Waals surface area contributed by atoms with Crippen molar-refractivity contribution in [1.82, 2.24) is 20.6 Å². The van der Waals surface area contributed by atoms with Gasteiger partial charge in [-0.05, 0) is 56.8 Å². The van der Waals surface area contributed by atoms with Crippen molar-refractivity contribution in [3.8, 4) is 0 Å². The summed E-state index contributed by atoms with van der Waals surface area (Å²) < 4.78 is 1.79. The van der Waals surface area contributed by atoms with Gasteiger partial charge in [0.05, 0.1) is 6.67 Å². The van der Waals surface area contributed by atoms with Gasteiger partial charge in [0, 0.05) is 36.6 Å². The van der Waals surface area contributed by atoms with E-state index in [4.69, 9.17) is 5.41 Å². The average Bonchev–Trinajstić information content (AvgIpc) is 2.83. The Bertz CT molecular complexity index is 673. The van der Waals surface area contributed by atoms with Gasteiger partial charge in [-0.15, -0.1) is 0 Å². The lowest BCUT2D eigenvalue weighted by Crippen LogP contribution is -2.51. The molecule has 2 heterocycles. The number of nitrogens with zero attached hydrogens (tertiary/aromatic N) is 1. The average molecular weight is 342 g/mol. The fraction of sp³-hybridized carbons (Fsp3) is 0.526. The lowest BCUT2D eigenvalue weighted by atomic mass is 9.94. The zero-order valence-electron chi connectivity index (χ0n) is 15.2. The second-order valence-corrected chi connectivity index (χ2v) is 6.85. The lowest BCUT2D eigenvalue weighted by molar-refractivity contribution is 0.275. The maximum atomic E-state index is 8.51. The summed E-state index contributed by atoms with van der Waals surface area (Å²) in [4.78, 5) is 0. The van der Waals surface area contributed by atoms with Gasteiger partial charge in [0.2, 0.25) is 0 Å². The largest absolute Gasteiger partial charge is 0.393 e. The van der Waals surface area contributed by atoms with Crippen molar-refractivity contribution >= 4 is 5.57 Å². The minimum absolute atomic E-state index is 0.456. The van der Waals surface area contributed by atoms with Gasteiger partial charge >= 0.3 is 0 Å². The Balaban J connectivity index is 1.66. The van der Waals surface area contributed by atoms with E-state index in [9.17, 15) is 0 Å². The van der Waals surface area contributed by atoms with E-state index in [2.05, 4.69) is 21.4 Å². The van der Waals surface area contributed by atoms with E-state index in [0.29, 0.717) is 18.2 Å². The number of rotatable bonds is 7. The highest BCUT2D eigenvalue weighted by Gasteiger charge is 2.38. The van der Waals surface area contributed by atoms with E-state index >= 15 is 0 Å². The van der Waals surface area contributed by atoms with Gasteiger partial charge in [-0.3, -0.25) is 10.7 Å². The Labute approximate surface area is 149 Å². The smallest absolute Gasteiger partial charge is 0.151 e. The third kappa shape index (κ3) is 3.96. The normalized spacial score (nSPS) is 26.2. The Hall–Kier alpha value is -2.05. The molecule has 1 aliphatic carbocycles. The number of piperidine rings is 1. The van der Waals surface area contributed by atoms with Crippen molar-refractivity contribution in [2.24, 2.45) is 11.8 Å². The Morgan fingerprint density at radius 3 is 2.80 bits per heavy atom. The predicted octanol–water partition coefficient (Wildman–Crippen LogP) is 1.19. The molecule has 0 aromatic carbocycles. The second kappa shape index (κ2) is 8.36. The topological polar surface area (TPSA) is 76.9 Å². The first-order chi connectivity index (χ1) is 12.2. The molecule has 1 aromatic heterocycles. The van der Waals surface area contributed by atoms with Crippen LogP contribution in [0.3, 0.4) is 0 Å². The number of aromatic nitrogens is 1. The zero-order valence-corrected chi connectivity index (χ0v) is 15.2. The van der Waals surface area contributed by atoms with Gasteiger partial charge in [0.15, 0.2) is 5.49 Å². The van der Waals surface area contributed by atoms with Crippen molar-refractivity contribution in [2.75, 3.05) is 32.2 Å². The van der Waals surface area contributed by atoms with E-state index in [0.717, 1.165) is 36.1 Å². The minimum Gasteiger partial charge on any atom is -0.393 e. The van der Waals surface area contributed by atoms with Gasteiger partial charge in [-0.25, -0.2) is 4.68 Å². The summed E-state index contributed by atoms with van der Waals surface area (Å²) in [5.41, 5.74) is 5.68. The molecule has 6 nitrogen and oxygen atoms in total. The lowest BCUT2D eigenvalue weighted by Gasteiger charge is -2.32. The Morgan fingerprint density at radius 1 is 1.36 bits per heavy atom. The van der Waals surface area contributed by atoms with Gasteiger partial charge in [-0.1, -0.05) is 12.2 Å². The predicted molar refractivity (Wildman–Crippen MR) is 102 cm³/mol. The fourth-order valence-electron chi connectivity index (χ4n) is 4.09. The van der Waals surface area contributed by atoms with Crippen molar-refractivity contribution in [3.05, 3.63) is 47.7 Å². The second-order valence-electron chi connectivity index (χ2n) is 6.85. The van der Waals surface area contributed by atoms with E-state index in [1.165, 1.54) is 12.8 Å². The third-order valence-electron chi connectivity index (χ3n) is 5.28. The molecule has 25 heavy (non-hydrogen) atoms. The summed E-state index contributed by atoms with van der Waals surface area (Å²) in [7, 11) is 1.87. The van der Waals surface area contributed by atoms with Crippen LogP contribution < -0.4 is 26.9 Å². The van der Waals surface area contributed by atoms with Crippen molar-refractivity contribution in [3.63, 3.8) is 0 Å². The number of allylic oxidation sites excluding steroid dienone is 3. The molecule has 0 radical (unpaired) electrons. The Morgan fingerprint density at radius 2 is 2.12 bits per heavy atom. The van der Waals surface area contributed by atoms with Gasteiger partial charge < -0.3 is 16.1 Å². The van der Waals surface area contributed by atoms with E-state index < -0.39 is 0 Å². The molecule has 3 atom stereocenters. The van der Waals surface area contributed by atoms with Crippen molar-refractivity contribution in [2.45, 2.75) is 25.8 Å². The van der Waals surface area contributed by atoms with Crippen LogP contribution in [0.15, 0.2) is 36.7 Å². The molecule has 3 rings (SSSR count). The molecule has 0 spiro atoms. The van der Waals surface area contributed by atoms with Crippen LogP contribution in [-0.4, -0.2) is 37.5 Å². The SMILES string of the molecule is C/C=C\C(=C/NC)c1cccn(NCN[C@@H]2C3CC[C@H]2CNC3)c1=N. The summed E-state index contributed by atoms with van der Waals surface area (Å²) in [6, 6.07) is 4.54. The molecule has 5 N–H and O–H groups in total. The molecular weight excluding hydrogens is 312 g/mol. The molecule has 136 valence electrons. The van der Waals surface area contributed by atoms with Gasteiger partial charge in [-0.2, -0.15) is 0 Å². The molecular formula is C19H30N6. The van der Waals surface area contributed by atoms with E-state index in [1.54, 1.807) is 4.68 Å². The molecule has 2 bridgehead atoms. The van der Waals surface area contributed by atoms with Crippen LogP contribution in [0.25, 0.3) is 5.57 Å². The van der Waals surface area contributed by atoms with Crippen LogP contribution in [0.5, 0.6) is 0 Å². The summed E-state index contributed by atoms with van der Waals surface area (Å²) in [6.07, 6.45) is 10.5. The summed E-state index contributed by atoms with van der Waals surface area (Å²) >= 11 is 0. The maximum Gasteiger partial charge on any atom is 0.151 e. The number of hydrogen-bond acceptors (Lipinski definition) is 5. The molecule has 2 fully saturated rings. The molecule has 1 saturated carbocycles. The molecule has 1 saturated heterocycles. The summed E-state index contributed by atoms with van der Waals surface area (Å²) in [5, 5.41) is 18.8.